The fraction of sp³-hybridized carbons (Fsp3) is 0.143. The lowest BCUT2D eigenvalue weighted by atomic mass is 10.3. The molecule has 4 nitrogen and oxygen atoms in total. The molecule has 12 heavy (non-hydrogen) atoms. The number of nitrogens with zero attached hydrogens (tertiary/aromatic N) is 1. The van der Waals surface area contributed by atoms with Gasteiger partial charge in [-0.1, -0.05) is 0 Å². The summed E-state index contributed by atoms with van der Waals surface area (Å²) in [5, 5.41) is 18.8. The molecule has 0 heterocycles. The van der Waals surface area contributed by atoms with Gasteiger partial charge in [0.2, 0.25) is 0 Å². The zero-order valence-electron chi connectivity index (χ0n) is 6.40. The first-order valence-corrected chi connectivity index (χ1v) is 3.01. The van der Waals surface area contributed by atoms with E-state index in [9.17, 15) is 14.5 Å². The van der Waals surface area contributed by atoms with Crippen molar-refractivity contribution in [3.8, 4) is 5.75 Å². The van der Waals surface area contributed by atoms with E-state index in [0.717, 1.165) is 0 Å². The number of nitro groups is 1. The summed E-state index contributed by atoms with van der Waals surface area (Å²) in [6, 6.07) is 5.04. The van der Waals surface area contributed by atoms with Crippen LogP contribution in [-0.4, -0.2) is 17.2 Å². The van der Waals surface area contributed by atoms with Gasteiger partial charge in [-0.2, -0.15) is 0 Å². The largest absolute Gasteiger partial charge is 0.508 e. The maximum atomic E-state index is 10.0. The number of rotatable bonds is 1. The second-order valence-corrected chi connectivity index (χ2v) is 1.77. The van der Waals surface area contributed by atoms with Gasteiger partial charge < -0.3 is 5.11 Å². The van der Waals surface area contributed by atoms with Crippen LogP contribution in [-0.2, 0) is 0 Å². The van der Waals surface area contributed by atoms with Gasteiger partial charge >= 0.3 is 0 Å². The number of phenols is 1. The standard InChI is InChI=1S/C6H5NO3.CH3F/c8-6-3-1-5(2-4-6)7(9)10;1-2/h1-4,8H;1H3. The Morgan fingerprint density at radius 1 is 1.33 bits per heavy atom. The first-order chi connectivity index (χ1) is 5.70. The van der Waals surface area contributed by atoms with Gasteiger partial charge in [0, 0.05) is 12.1 Å². The van der Waals surface area contributed by atoms with Crippen molar-refractivity contribution in [1.29, 1.82) is 0 Å². The zero-order chi connectivity index (χ0) is 9.56. The Morgan fingerprint density at radius 2 is 1.75 bits per heavy atom. The molecule has 0 amide bonds. The summed E-state index contributed by atoms with van der Waals surface area (Å²) in [5.74, 6) is 0.0330. The predicted octanol–water partition coefficient (Wildman–Crippen LogP) is 1.89. The van der Waals surface area contributed by atoms with E-state index in [0.29, 0.717) is 7.18 Å². The topological polar surface area (TPSA) is 63.4 Å². The Balaban J connectivity index is 0.000000561. The normalized spacial score (nSPS) is 8.17. The van der Waals surface area contributed by atoms with Gasteiger partial charge in [0.25, 0.3) is 5.69 Å². The summed E-state index contributed by atoms with van der Waals surface area (Å²) in [7, 11) is 0.500. The summed E-state index contributed by atoms with van der Waals surface area (Å²) in [5.41, 5.74) is -0.0159. The number of phenolic OH excluding ortho intramolecular Hbond substituents is 1. The smallest absolute Gasteiger partial charge is 0.269 e. The van der Waals surface area contributed by atoms with Gasteiger partial charge in [0.15, 0.2) is 0 Å². The van der Waals surface area contributed by atoms with Gasteiger partial charge in [-0.3, -0.25) is 14.5 Å². The van der Waals surface area contributed by atoms with Crippen molar-refractivity contribution in [3.63, 3.8) is 0 Å². The number of hydrogen-bond acceptors (Lipinski definition) is 3. The molecule has 0 aliphatic heterocycles. The van der Waals surface area contributed by atoms with Gasteiger partial charge in [0.1, 0.15) is 5.75 Å². The third-order valence-corrected chi connectivity index (χ3v) is 1.06. The lowest BCUT2D eigenvalue weighted by molar-refractivity contribution is -0.384. The number of nitro benzene ring substituents is 1. The minimum absolute atomic E-state index is 0.0159. The number of halogens is 1. The van der Waals surface area contributed by atoms with Crippen LogP contribution in [0.15, 0.2) is 24.3 Å². The fourth-order valence-corrected chi connectivity index (χ4v) is 0.574. The van der Waals surface area contributed by atoms with Crippen molar-refractivity contribution < 1.29 is 14.4 Å². The Labute approximate surface area is 68.4 Å². The van der Waals surface area contributed by atoms with Crippen LogP contribution in [0.3, 0.4) is 0 Å². The Morgan fingerprint density at radius 3 is 2.08 bits per heavy atom. The third kappa shape index (κ3) is 2.96. The van der Waals surface area contributed by atoms with E-state index < -0.39 is 4.92 Å². The maximum absolute atomic E-state index is 10.0. The maximum Gasteiger partial charge on any atom is 0.269 e. The van der Waals surface area contributed by atoms with E-state index in [2.05, 4.69) is 0 Å². The molecule has 5 heteroatoms. The molecule has 0 atom stereocenters. The van der Waals surface area contributed by atoms with Crippen molar-refractivity contribution in [3.05, 3.63) is 34.4 Å². The summed E-state index contributed by atoms with van der Waals surface area (Å²) >= 11 is 0. The van der Waals surface area contributed by atoms with Crippen molar-refractivity contribution >= 4 is 5.69 Å². The zero-order valence-corrected chi connectivity index (χ0v) is 6.40. The quantitative estimate of drug-likeness (QED) is 0.521. The van der Waals surface area contributed by atoms with Crippen molar-refractivity contribution in [2.24, 2.45) is 0 Å². The molecule has 0 bridgehead atoms. The van der Waals surface area contributed by atoms with Crippen molar-refractivity contribution in [2.45, 2.75) is 0 Å². The SMILES string of the molecule is CF.O=[N+]([O-])c1ccc(O)cc1. The lowest BCUT2D eigenvalue weighted by Gasteiger charge is -1.89. The molecule has 66 valence electrons. The van der Waals surface area contributed by atoms with Crippen molar-refractivity contribution in [2.75, 3.05) is 7.18 Å². The summed E-state index contributed by atoms with van der Waals surface area (Å²) in [6.07, 6.45) is 0. The molecule has 0 aliphatic rings. The first-order valence-electron chi connectivity index (χ1n) is 3.01. The lowest BCUT2D eigenvalue weighted by Crippen LogP contribution is -1.85. The molecule has 1 aromatic rings. The molecule has 1 N–H and O–H groups in total. The van der Waals surface area contributed by atoms with Crippen LogP contribution < -0.4 is 0 Å². The van der Waals surface area contributed by atoms with Crippen LogP contribution >= 0.6 is 0 Å². The number of hydrogen-bond donors (Lipinski definition) is 1. The van der Waals surface area contributed by atoms with Gasteiger partial charge in [-0.25, -0.2) is 0 Å². The Kier molecular flexibility index (Phi) is 4.36. The molecule has 0 saturated heterocycles. The van der Waals surface area contributed by atoms with E-state index in [1.54, 1.807) is 0 Å². The van der Waals surface area contributed by atoms with Crippen molar-refractivity contribution in [1.82, 2.24) is 0 Å². The second kappa shape index (κ2) is 5.06. The molecule has 1 aromatic carbocycles. The van der Waals surface area contributed by atoms with E-state index in [1.165, 1.54) is 24.3 Å². The van der Waals surface area contributed by atoms with Crippen LogP contribution in [0.2, 0.25) is 0 Å². The summed E-state index contributed by atoms with van der Waals surface area (Å²) in [4.78, 5) is 9.52. The molecule has 0 aromatic heterocycles. The molecule has 0 radical (unpaired) electrons. The van der Waals surface area contributed by atoms with Crippen LogP contribution in [0.25, 0.3) is 0 Å². The minimum atomic E-state index is -0.514. The van der Waals surface area contributed by atoms with Crippen LogP contribution in [0, 0.1) is 10.1 Å². The molecular formula is C7H8FNO3. The number of aromatic hydroxyl groups is 1. The molecule has 1 rings (SSSR count). The van der Waals surface area contributed by atoms with E-state index in [-0.39, 0.29) is 11.4 Å². The molecule has 0 aliphatic carbocycles. The van der Waals surface area contributed by atoms with Gasteiger partial charge in [-0.15, -0.1) is 0 Å². The average Bonchev–Trinajstić information content (AvgIpc) is 2.09. The highest BCUT2D eigenvalue weighted by molar-refractivity contribution is 5.34. The number of alkyl halides is 1. The Bertz CT molecular complexity index is 247. The predicted molar refractivity (Wildman–Crippen MR) is 41.8 cm³/mol. The van der Waals surface area contributed by atoms with Gasteiger partial charge in [-0.05, 0) is 12.1 Å². The third-order valence-electron chi connectivity index (χ3n) is 1.06. The second-order valence-electron chi connectivity index (χ2n) is 1.77. The van der Waals surface area contributed by atoms with E-state index in [1.807, 2.05) is 0 Å². The average molecular weight is 173 g/mol. The summed E-state index contributed by atoms with van der Waals surface area (Å²) < 4.78 is 9.50. The van der Waals surface area contributed by atoms with E-state index >= 15 is 0 Å². The molecular weight excluding hydrogens is 165 g/mol. The molecule has 0 spiro atoms. The highest BCUT2D eigenvalue weighted by Crippen LogP contribution is 2.14. The molecule has 0 fully saturated rings. The van der Waals surface area contributed by atoms with Gasteiger partial charge in [0.05, 0.1) is 12.1 Å². The minimum Gasteiger partial charge on any atom is -0.508 e. The fourth-order valence-electron chi connectivity index (χ4n) is 0.574. The first kappa shape index (κ1) is 10.3. The number of non-ortho nitro benzene ring substituents is 1. The number of benzene rings is 1. The highest BCUT2D eigenvalue weighted by Gasteiger charge is 2.01. The highest BCUT2D eigenvalue weighted by atomic mass is 19.1. The molecule has 0 unspecified atom stereocenters. The van der Waals surface area contributed by atoms with Crippen LogP contribution in [0.5, 0.6) is 5.75 Å². The summed E-state index contributed by atoms with van der Waals surface area (Å²) in [6.45, 7) is 0. The van der Waals surface area contributed by atoms with Crippen LogP contribution in [0.1, 0.15) is 0 Å². The monoisotopic (exact) mass is 173 g/mol. The molecule has 0 saturated carbocycles. The Hall–Kier alpha value is -1.65. The van der Waals surface area contributed by atoms with E-state index in [4.69, 9.17) is 5.11 Å². The van der Waals surface area contributed by atoms with Crippen LogP contribution in [0.4, 0.5) is 10.1 Å².